The molecule has 3 aromatic rings. The molecule has 3 nitrogen and oxygen atoms in total. The zero-order valence-electron chi connectivity index (χ0n) is 21.6. The number of hydrogen-bond acceptors (Lipinski definition) is 2. The molecule has 0 aliphatic heterocycles. The number of carboxylic acids is 1. The zero-order chi connectivity index (χ0) is 25.7. The average molecular weight is 479 g/mol. The lowest BCUT2D eigenvalue weighted by Gasteiger charge is -2.37. The SMILES string of the molecule is C1=CC2=C(CC1)CCc1c2ccc2ccccc12.CC1(C)C=CC(C)(C)c2cc(C(=O)O)c(O)cc21. The second-order valence-electron chi connectivity index (χ2n) is 11.3. The Morgan fingerprint density at radius 2 is 1.56 bits per heavy atom. The largest absolute Gasteiger partial charge is 0.507 e. The van der Waals surface area contributed by atoms with Crippen LogP contribution in [0.5, 0.6) is 5.75 Å². The van der Waals surface area contributed by atoms with E-state index in [9.17, 15) is 9.90 Å². The summed E-state index contributed by atoms with van der Waals surface area (Å²) < 4.78 is 0. The molecule has 0 atom stereocenters. The van der Waals surface area contributed by atoms with Crippen molar-refractivity contribution in [1.82, 2.24) is 0 Å². The van der Waals surface area contributed by atoms with Crippen LogP contribution >= 0.6 is 0 Å². The van der Waals surface area contributed by atoms with E-state index in [4.69, 9.17) is 5.11 Å². The number of benzene rings is 3. The van der Waals surface area contributed by atoms with Gasteiger partial charge in [0.2, 0.25) is 0 Å². The first kappa shape index (κ1) is 24.1. The minimum absolute atomic E-state index is 0.0343. The van der Waals surface area contributed by atoms with E-state index in [1.54, 1.807) is 23.3 Å². The maximum atomic E-state index is 11.1. The normalized spacial score (nSPS) is 18.6. The number of aryl methyl sites for hydroxylation is 1. The number of carbonyl (C=O) groups is 1. The summed E-state index contributed by atoms with van der Waals surface area (Å²) in [7, 11) is 0. The van der Waals surface area contributed by atoms with Crippen LogP contribution in [0.25, 0.3) is 16.3 Å². The first-order valence-electron chi connectivity index (χ1n) is 12.8. The monoisotopic (exact) mass is 478 g/mol. The summed E-state index contributed by atoms with van der Waals surface area (Å²) in [6.45, 7) is 8.19. The van der Waals surface area contributed by atoms with Crippen LogP contribution in [0.2, 0.25) is 0 Å². The Hall–Kier alpha value is -3.59. The Morgan fingerprint density at radius 3 is 2.28 bits per heavy atom. The van der Waals surface area contributed by atoms with Crippen LogP contribution in [-0.2, 0) is 17.3 Å². The molecule has 3 heteroatoms. The summed E-state index contributed by atoms with van der Waals surface area (Å²) >= 11 is 0. The van der Waals surface area contributed by atoms with Gasteiger partial charge in [-0.25, -0.2) is 4.79 Å². The minimum Gasteiger partial charge on any atom is -0.507 e. The van der Waals surface area contributed by atoms with Gasteiger partial charge in [0.05, 0.1) is 0 Å². The van der Waals surface area contributed by atoms with Crippen LogP contribution in [0.1, 0.15) is 79.6 Å². The number of carboxylic acid groups (broad SMARTS) is 1. The molecule has 3 aliphatic rings. The Balaban J connectivity index is 0.000000148. The molecule has 6 rings (SSSR count). The van der Waals surface area contributed by atoms with Crippen LogP contribution < -0.4 is 0 Å². The van der Waals surface area contributed by atoms with Crippen molar-refractivity contribution in [3.63, 3.8) is 0 Å². The molecule has 3 aromatic carbocycles. The lowest BCUT2D eigenvalue weighted by molar-refractivity contribution is 0.0693. The Labute approximate surface area is 213 Å². The molecule has 0 spiro atoms. The predicted molar refractivity (Wildman–Crippen MR) is 148 cm³/mol. The highest BCUT2D eigenvalue weighted by Gasteiger charge is 2.34. The fraction of sp³-hybridized carbons (Fsp3) is 0.303. The van der Waals surface area contributed by atoms with Gasteiger partial charge in [-0.3, -0.25) is 0 Å². The topological polar surface area (TPSA) is 57.5 Å². The first-order chi connectivity index (χ1) is 17.1. The summed E-state index contributed by atoms with van der Waals surface area (Å²) in [5.41, 5.74) is 7.70. The van der Waals surface area contributed by atoms with Crippen molar-refractivity contribution in [1.29, 1.82) is 0 Å². The van der Waals surface area contributed by atoms with Crippen molar-refractivity contribution < 1.29 is 15.0 Å². The fourth-order valence-corrected chi connectivity index (χ4v) is 5.81. The van der Waals surface area contributed by atoms with Crippen LogP contribution in [0.3, 0.4) is 0 Å². The van der Waals surface area contributed by atoms with Gasteiger partial charge in [0.1, 0.15) is 11.3 Å². The van der Waals surface area contributed by atoms with Gasteiger partial charge in [-0.1, -0.05) is 94.0 Å². The molecule has 0 fully saturated rings. The summed E-state index contributed by atoms with van der Waals surface area (Å²) in [6.07, 6.45) is 13.8. The lowest BCUT2D eigenvalue weighted by atomic mass is 9.67. The van der Waals surface area contributed by atoms with E-state index >= 15 is 0 Å². The maximum absolute atomic E-state index is 11.1. The lowest BCUT2D eigenvalue weighted by Crippen LogP contribution is -2.29. The van der Waals surface area contributed by atoms with Gasteiger partial charge in [0.15, 0.2) is 0 Å². The van der Waals surface area contributed by atoms with Gasteiger partial charge in [-0.2, -0.15) is 0 Å². The highest BCUT2D eigenvalue weighted by Crippen LogP contribution is 2.43. The molecule has 0 saturated carbocycles. The zero-order valence-corrected chi connectivity index (χ0v) is 21.6. The molecule has 2 N–H and O–H groups in total. The number of aromatic carboxylic acids is 1. The fourth-order valence-electron chi connectivity index (χ4n) is 5.81. The Bertz CT molecular complexity index is 1460. The molecule has 0 amide bonds. The molecule has 0 saturated heterocycles. The molecule has 0 bridgehead atoms. The van der Waals surface area contributed by atoms with Gasteiger partial charge >= 0.3 is 5.97 Å². The first-order valence-corrected chi connectivity index (χ1v) is 12.8. The number of allylic oxidation sites excluding steroid dienone is 6. The third-order valence-electron chi connectivity index (χ3n) is 7.96. The molecule has 0 heterocycles. The molecule has 0 unspecified atom stereocenters. The van der Waals surface area contributed by atoms with Crippen LogP contribution in [0.4, 0.5) is 0 Å². The maximum Gasteiger partial charge on any atom is 0.339 e. The molecule has 184 valence electrons. The number of rotatable bonds is 1. The van der Waals surface area contributed by atoms with Crippen LogP contribution in [-0.4, -0.2) is 16.2 Å². The van der Waals surface area contributed by atoms with Crippen molar-refractivity contribution in [3.8, 4) is 5.75 Å². The van der Waals surface area contributed by atoms with Crippen LogP contribution in [0, 0.1) is 0 Å². The van der Waals surface area contributed by atoms with E-state index < -0.39 is 5.97 Å². The highest BCUT2D eigenvalue weighted by molar-refractivity contribution is 5.94. The van der Waals surface area contributed by atoms with Crippen molar-refractivity contribution in [3.05, 3.63) is 106 Å². The van der Waals surface area contributed by atoms with Crippen molar-refractivity contribution in [2.75, 3.05) is 0 Å². The van der Waals surface area contributed by atoms with Crippen molar-refractivity contribution in [2.24, 2.45) is 0 Å². The highest BCUT2D eigenvalue weighted by atomic mass is 16.4. The third kappa shape index (κ3) is 4.17. The molecule has 0 aromatic heterocycles. The standard InChI is InChI=1S/C18H16.C15H18O3/c1-3-7-15-13(5-1)9-11-18-16-8-4-2-6-14(16)10-12-17(15)18;1-14(2)5-6-15(3,4)11-8-12(16)9(13(17)18)7-10(11)14/h1,3-5,7-9,11H,2,6,10,12H2;5-8,16H,1-4H3,(H,17,18). The van der Waals surface area contributed by atoms with Gasteiger partial charge in [-0.05, 0) is 76.4 Å². The van der Waals surface area contributed by atoms with Gasteiger partial charge in [0.25, 0.3) is 0 Å². The van der Waals surface area contributed by atoms with E-state index in [0.717, 1.165) is 11.1 Å². The van der Waals surface area contributed by atoms with Gasteiger partial charge in [-0.15, -0.1) is 0 Å². The number of phenols is 1. The van der Waals surface area contributed by atoms with E-state index in [2.05, 4.69) is 74.5 Å². The summed E-state index contributed by atoms with van der Waals surface area (Å²) in [5.74, 6) is -1.26. The number of hydrogen-bond donors (Lipinski definition) is 2. The second-order valence-corrected chi connectivity index (χ2v) is 11.3. The Kier molecular flexibility index (Phi) is 5.90. The van der Waals surface area contributed by atoms with Crippen molar-refractivity contribution in [2.45, 2.75) is 64.2 Å². The quantitative estimate of drug-likeness (QED) is 0.347. The Morgan fingerprint density at radius 1 is 0.861 bits per heavy atom. The second kappa shape index (κ2) is 8.81. The van der Waals surface area contributed by atoms with Crippen LogP contribution in [0.15, 0.2) is 78.4 Å². The molecular weight excluding hydrogens is 444 g/mol. The van der Waals surface area contributed by atoms with Crippen molar-refractivity contribution >= 4 is 22.3 Å². The third-order valence-corrected chi connectivity index (χ3v) is 7.96. The molecule has 3 aliphatic carbocycles. The molecule has 0 radical (unpaired) electrons. The molecule has 36 heavy (non-hydrogen) atoms. The van der Waals surface area contributed by atoms with Gasteiger partial charge in [0, 0.05) is 10.8 Å². The molecular formula is C33H34O3. The van der Waals surface area contributed by atoms with E-state index in [1.807, 2.05) is 13.8 Å². The van der Waals surface area contributed by atoms with E-state index in [-0.39, 0.29) is 22.1 Å². The predicted octanol–water partition coefficient (Wildman–Crippen LogP) is 8.11. The number of fused-ring (bicyclic) bond motifs is 5. The number of aromatic hydroxyl groups is 1. The van der Waals surface area contributed by atoms with E-state index in [1.165, 1.54) is 47.6 Å². The minimum atomic E-state index is -1.10. The summed E-state index contributed by atoms with van der Waals surface area (Å²) in [4.78, 5) is 11.1. The summed E-state index contributed by atoms with van der Waals surface area (Å²) in [5, 5.41) is 21.7. The smallest absolute Gasteiger partial charge is 0.339 e. The van der Waals surface area contributed by atoms with E-state index in [0.29, 0.717) is 0 Å². The van der Waals surface area contributed by atoms with Gasteiger partial charge < -0.3 is 10.2 Å². The average Bonchev–Trinajstić information content (AvgIpc) is 2.86. The summed E-state index contributed by atoms with van der Waals surface area (Å²) in [6, 6.07) is 16.5.